The Morgan fingerprint density at radius 3 is 2.84 bits per heavy atom. The van der Waals surface area contributed by atoms with E-state index < -0.39 is 0 Å². The van der Waals surface area contributed by atoms with Crippen molar-refractivity contribution >= 4 is 11.8 Å². The summed E-state index contributed by atoms with van der Waals surface area (Å²) in [6.07, 6.45) is 1.60. The molecule has 0 aliphatic carbocycles. The molecule has 102 valence electrons. The number of amides is 2. The van der Waals surface area contributed by atoms with E-state index in [0.29, 0.717) is 13.0 Å². The van der Waals surface area contributed by atoms with Crippen molar-refractivity contribution in [1.82, 2.24) is 10.2 Å². The minimum atomic E-state index is -0.327. The Bertz CT molecular complexity index is 485. The molecule has 1 aromatic rings. The van der Waals surface area contributed by atoms with Crippen LogP contribution in [0.1, 0.15) is 30.9 Å². The predicted octanol–water partition coefficient (Wildman–Crippen LogP) is 1.62. The molecule has 0 aromatic heterocycles. The number of nitrogens with one attached hydrogen (secondary N) is 1. The topological polar surface area (TPSA) is 49.4 Å². The summed E-state index contributed by atoms with van der Waals surface area (Å²) in [5.41, 5.74) is 2.24. The Kier molecular flexibility index (Phi) is 4.20. The Morgan fingerprint density at radius 2 is 2.16 bits per heavy atom. The Labute approximate surface area is 113 Å². The van der Waals surface area contributed by atoms with Crippen LogP contribution in [0.5, 0.6) is 0 Å². The van der Waals surface area contributed by atoms with Crippen molar-refractivity contribution < 1.29 is 9.59 Å². The highest BCUT2D eigenvalue weighted by atomic mass is 16.2. The van der Waals surface area contributed by atoms with Crippen molar-refractivity contribution in [2.45, 2.75) is 39.3 Å². The molecule has 1 fully saturated rings. The highest BCUT2D eigenvalue weighted by Crippen LogP contribution is 2.16. The summed E-state index contributed by atoms with van der Waals surface area (Å²) in [7, 11) is 0. The molecule has 4 heteroatoms. The largest absolute Gasteiger partial charge is 0.345 e. The lowest BCUT2D eigenvalue weighted by Crippen LogP contribution is -2.57. The number of benzene rings is 1. The van der Waals surface area contributed by atoms with Gasteiger partial charge in [-0.2, -0.15) is 0 Å². The van der Waals surface area contributed by atoms with E-state index in [-0.39, 0.29) is 24.4 Å². The molecule has 1 aromatic carbocycles. The van der Waals surface area contributed by atoms with Crippen LogP contribution in [0.3, 0.4) is 0 Å². The van der Waals surface area contributed by atoms with Gasteiger partial charge in [-0.05, 0) is 18.9 Å². The number of hydrogen-bond donors (Lipinski definition) is 1. The fourth-order valence-corrected chi connectivity index (χ4v) is 2.46. The standard InChI is InChI=1S/C15H20N2O2/c1-3-5-13-15(19)16-9-14(18)17(13)10-12-7-4-6-11(2)8-12/h4,6-8,13H,3,5,9-10H2,1-2H3,(H,16,19). The molecule has 1 atom stereocenters. The van der Waals surface area contributed by atoms with Crippen LogP contribution in [-0.4, -0.2) is 29.3 Å². The van der Waals surface area contributed by atoms with Crippen molar-refractivity contribution in [3.63, 3.8) is 0 Å². The lowest BCUT2D eigenvalue weighted by molar-refractivity contribution is -0.146. The molecule has 0 spiro atoms. The second kappa shape index (κ2) is 5.87. The van der Waals surface area contributed by atoms with Gasteiger partial charge < -0.3 is 10.2 Å². The summed E-state index contributed by atoms with van der Waals surface area (Å²) >= 11 is 0. The molecule has 1 aliphatic rings. The number of nitrogens with zero attached hydrogens (tertiary/aromatic N) is 1. The third kappa shape index (κ3) is 3.13. The Hall–Kier alpha value is -1.84. The highest BCUT2D eigenvalue weighted by molar-refractivity contribution is 5.94. The molecule has 2 amide bonds. The second-order valence-corrected chi connectivity index (χ2v) is 5.03. The molecule has 2 rings (SSSR count). The quantitative estimate of drug-likeness (QED) is 0.894. The number of hydrogen-bond acceptors (Lipinski definition) is 2. The molecule has 19 heavy (non-hydrogen) atoms. The maximum absolute atomic E-state index is 12.0. The number of carbonyl (C=O) groups is 2. The van der Waals surface area contributed by atoms with E-state index in [2.05, 4.69) is 11.4 Å². The molecule has 1 N–H and O–H groups in total. The Morgan fingerprint density at radius 1 is 1.37 bits per heavy atom. The van der Waals surface area contributed by atoms with Crippen molar-refractivity contribution in [2.24, 2.45) is 0 Å². The van der Waals surface area contributed by atoms with Crippen LogP contribution in [0.4, 0.5) is 0 Å². The summed E-state index contributed by atoms with van der Waals surface area (Å²) in [6.45, 7) is 4.68. The van der Waals surface area contributed by atoms with Gasteiger partial charge in [-0.25, -0.2) is 0 Å². The molecule has 0 radical (unpaired) electrons. The van der Waals surface area contributed by atoms with Gasteiger partial charge in [-0.3, -0.25) is 9.59 Å². The van der Waals surface area contributed by atoms with E-state index in [4.69, 9.17) is 0 Å². The molecule has 0 bridgehead atoms. The van der Waals surface area contributed by atoms with Gasteiger partial charge in [-0.15, -0.1) is 0 Å². The van der Waals surface area contributed by atoms with Crippen LogP contribution in [-0.2, 0) is 16.1 Å². The van der Waals surface area contributed by atoms with Crippen LogP contribution >= 0.6 is 0 Å². The number of aryl methyl sites for hydroxylation is 1. The van der Waals surface area contributed by atoms with Crippen LogP contribution in [0.25, 0.3) is 0 Å². The van der Waals surface area contributed by atoms with Crippen LogP contribution in [0, 0.1) is 6.92 Å². The summed E-state index contributed by atoms with van der Waals surface area (Å²) < 4.78 is 0. The summed E-state index contributed by atoms with van der Waals surface area (Å²) in [4.78, 5) is 25.6. The van der Waals surface area contributed by atoms with E-state index in [1.54, 1.807) is 4.90 Å². The second-order valence-electron chi connectivity index (χ2n) is 5.03. The van der Waals surface area contributed by atoms with E-state index in [1.165, 1.54) is 5.56 Å². The van der Waals surface area contributed by atoms with Gasteiger partial charge in [0.05, 0.1) is 6.54 Å². The zero-order valence-corrected chi connectivity index (χ0v) is 11.5. The average Bonchev–Trinajstić information content (AvgIpc) is 2.38. The average molecular weight is 260 g/mol. The smallest absolute Gasteiger partial charge is 0.243 e. The van der Waals surface area contributed by atoms with Crippen LogP contribution < -0.4 is 5.32 Å². The lowest BCUT2D eigenvalue weighted by atomic mass is 10.0. The number of carbonyl (C=O) groups excluding carboxylic acids is 2. The van der Waals surface area contributed by atoms with E-state index in [9.17, 15) is 9.59 Å². The SMILES string of the molecule is CCCC1C(=O)NCC(=O)N1Cc1cccc(C)c1. The van der Waals surface area contributed by atoms with Gasteiger partial charge in [0.1, 0.15) is 6.04 Å². The number of piperazine rings is 1. The minimum Gasteiger partial charge on any atom is -0.345 e. The van der Waals surface area contributed by atoms with Gasteiger partial charge in [0.2, 0.25) is 11.8 Å². The van der Waals surface area contributed by atoms with Crippen molar-refractivity contribution in [2.75, 3.05) is 6.54 Å². The molecule has 0 saturated carbocycles. The molecular weight excluding hydrogens is 240 g/mol. The normalized spacial score (nSPS) is 19.5. The van der Waals surface area contributed by atoms with Crippen LogP contribution in [0.15, 0.2) is 24.3 Å². The van der Waals surface area contributed by atoms with Gasteiger partial charge in [0.15, 0.2) is 0 Å². The molecule has 1 heterocycles. The summed E-state index contributed by atoms with van der Waals surface area (Å²) in [5, 5.41) is 2.66. The van der Waals surface area contributed by atoms with Gasteiger partial charge in [0.25, 0.3) is 0 Å². The van der Waals surface area contributed by atoms with Crippen molar-refractivity contribution in [3.05, 3.63) is 35.4 Å². The molecule has 4 nitrogen and oxygen atoms in total. The first-order chi connectivity index (χ1) is 9.11. The first-order valence-electron chi connectivity index (χ1n) is 6.74. The zero-order chi connectivity index (χ0) is 13.8. The zero-order valence-electron chi connectivity index (χ0n) is 11.5. The van der Waals surface area contributed by atoms with Gasteiger partial charge in [-0.1, -0.05) is 43.2 Å². The van der Waals surface area contributed by atoms with Crippen LogP contribution in [0.2, 0.25) is 0 Å². The maximum atomic E-state index is 12.0. The summed E-state index contributed by atoms with van der Waals surface area (Å²) in [5.74, 6) is -0.0336. The maximum Gasteiger partial charge on any atom is 0.243 e. The monoisotopic (exact) mass is 260 g/mol. The fraction of sp³-hybridized carbons (Fsp3) is 0.467. The lowest BCUT2D eigenvalue weighted by Gasteiger charge is -2.35. The van der Waals surface area contributed by atoms with Crippen molar-refractivity contribution in [3.8, 4) is 0 Å². The molecule has 1 aliphatic heterocycles. The first-order valence-corrected chi connectivity index (χ1v) is 6.74. The first kappa shape index (κ1) is 13.6. The third-order valence-corrected chi connectivity index (χ3v) is 3.41. The van der Waals surface area contributed by atoms with E-state index in [0.717, 1.165) is 12.0 Å². The molecular formula is C15H20N2O2. The van der Waals surface area contributed by atoms with E-state index in [1.807, 2.05) is 32.0 Å². The Balaban J connectivity index is 2.18. The van der Waals surface area contributed by atoms with Gasteiger partial charge in [0, 0.05) is 6.54 Å². The highest BCUT2D eigenvalue weighted by Gasteiger charge is 2.33. The molecule has 1 unspecified atom stereocenters. The van der Waals surface area contributed by atoms with Gasteiger partial charge >= 0.3 is 0 Å². The minimum absolute atomic E-state index is 0.000411. The molecule has 1 saturated heterocycles. The fourth-order valence-electron chi connectivity index (χ4n) is 2.46. The predicted molar refractivity (Wildman–Crippen MR) is 73.4 cm³/mol. The summed E-state index contributed by atoms with van der Waals surface area (Å²) in [6, 6.07) is 7.73. The third-order valence-electron chi connectivity index (χ3n) is 3.41. The van der Waals surface area contributed by atoms with Crippen molar-refractivity contribution in [1.29, 1.82) is 0 Å². The van der Waals surface area contributed by atoms with E-state index >= 15 is 0 Å². The number of rotatable bonds is 4.